The minimum absolute atomic E-state index is 0.420. The van der Waals surface area contributed by atoms with E-state index in [1.807, 2.05) is 30.3 Å². The van der Waals surface area contributed by atoms with Crippen LogP contribution in [-0.2, 0) is 14.3 Å². The third kappa shape index (κ3) is 5.27. The van der Waals surface area contributed by atoms with Crippen molar-refractivity contribution in [2.45, 2.75) is 13.0 Å². The monoisotopic (exact) mass is 329 g/mol. The number of benzene rings is 2. The van der Waals surface area contributed by atoms with E-state index in [-0.39, 0.29) is 0 Å². The minimum Gasteiger partial charge on any atom is -0.449 e. The summed E-state index contributed by atoms with van der Waals surface area (Å²) >= 11 is 5.96. The molecule has 1 atom stereocenters. The van der Waals surface area contributed by atoms with Gasteiger partial charge in [-0.05, 0) is 30.7 Å². The lowest BCUT2D eigenvalue weighted by atomic mass is 10.2. The van der Waals surface area contributed by atoms with Crippen LogP contribution in [0.15, 0.2) is 60.7 Å². The summed E-state index contributed by atoms with van der Waals surface area (Å²) < 4.78 is 5.07. The van der Waals surface area contributed by atoms with Gasteiger partial charge in [-0.25, -0.2) is 4.79 Å². The number of para-hydroxylation sites is 1. The highest BCUT2D eigenvalue weighted by Crippen LogP contribution is 2.20. The summed E-state index contributed by atoms with van der Waals surface area (Å²) in [6.45, 7) is 1.50. The van der Waals surface area contributed by atoms with Crippen molar-refractivity contribution in [1.29, 1.82) is 0 Å². The van der Waals surface area contributed by atoms with Gasteiger partial charge >= 0.3 is 5.97 Å². The molecule has 0 aliphatic carbocycles. The molecule has 0 radical (unpaired) electrons. The third-order valence-corrected chi connectivity index (χ3v) is 3.33. The van der Waals surface area contributed by atoms with Crippen molar-refractivity contribution in [3.8, 4) is 0 Å². The topological polar surface area (TPSA) is 55.4 Å². The number of anilines is 1. The third-order valence-electron chi connectivity index (χ3n) is 3.01. The second kappa shape index (κ2) is 8.15. The van der Waals surface area contributed by atoms with Crippen LogP contribution in [0.2, 0.25) is 5.02 Å². The predicted octanol–water partition coefficient (Wildman–Crippen LogP) is 3.92. The number of esters is 1. The summed E-state index contributed by atoms with van der Waals surface area (Å²) in [5, 5.41) is 3.04. The van der Waals surface area contributed by atoms with Crippen LogP contribution in [0, 0.1) is 0 Å². The first-order valence-electron chi connectivity index (χ1n) is 7.05. The fraction of sp³-hybridized carbons (Fsp3) is 0.111. The van der Waals surface area contributed by atoms with Crippen molar-refractivity contribution in [3.05, 3.63) is 71.3 Å². The summed E-state index contributed by atoms with van der Waals surface area (Å²) in [5.74, 6) is -1.03. The lowest BCUT2D eigenvalue weighted by Gasteiger charge is -2.13. The van der Waals surface area contributed by atoms with E-state index in [1.54, 1.807) is 30.3 Å². The Labute approximate surface area is 139 Å². The van der Waals surface area contributed by atoms with Crippen molar-refractivity contribution < 1.29 is 14.3 Å². The molecule has 0 heterocycles. The summed E-state index contributed by atoms with van der Waals surface area (Å²) in [6, 6.07) is 16.2. The molecular formula is C18H16ClNO3. The second-order valence-electron chi connectivity index (χ2n) is 4.79. The Kier molecular flexibility index (Phi) is 5.94. The molecule has 23 heavy (non-hydrogen) atoms. The zero-order chi connectivity index (χ0) is 16.7. The van der Waals surface area contributed by atoms with Crippen LogP contribution in [0.4, 0.5) is 5.69 Å². The van der Waals surface area contributed by atoms with E-state index in [0.29, 0.717) is 10.7 Å². The molecule has 4 nitrogen and oxygen atoms in total. The average Bonchev–Trinajstić information content (AvgIpc) is 2.56. The number of rotatable bonds is 5. The standard InChI is InChI=1S/C18H16ClNO3/c1-13(18(22)20-16-10-6-5-9-15(16)19)23-17(21)12-11-14-7-3-2-4-8-14/h2-13H,1H3,(H,20,22)/b12-11+/t13-/m0/s1. The molecule has 1 N–H and O–H groups in total. The second-order valence-corrected chi connectivity index (χ2v) is 5.20. The first kappa shape index (κ1) is 16.8. The molecule has 0 fully saturated rings. The van der Waals surface area contributed by atoms with E-state index < -0.39 is 18.0 Å². The van der Waals surface area contributed by atoms with Crippen LogP contribution in [0.5, 0.6) is 0 Å². The summed E-state index contributed by atoms with van der Waals surface area (Å²) in [4.78, 5) is 23.7. The molecule has 2 rings (SSSR count). The number of nitrogens with one attached hydrogen (secondary N) is 1. The lowest BCUT2D eigenvalue weighted by molar-refractivity contribution is -0.148. The van der Waals surface area contributed by atoms with Gasteiger partial charge in [0.2, 0.25) is 0 Å². The zero-order valence-electron chi connectivity index (χ0n) is 12.5. The maximum absolute atomic E-state index is 12.0. The number of carbonyl (C=O) groups excluding carboxylic acids is 2. The van der Waals surface area contributed by atoms with Crippen LogP contribution in [0.1, 0.15) is 12.5 Å². The molecule has 0 unspecified atom stereocenters. The van der Waals surface area contributed by atoms with E-state index in [1.165, 1.54) is 13.0 Å². The van der Waals surface area contributed by atoms with Crippen molar-refractivity contribution in [1.82, 2.24) is 0 Å². The Morgan fingerprint density at radius 3 is 2.43 bits per heavy atom. The molecule has 0 aromatic heterocycles. The highest BCUT2D eigenvalue weighted by molar-refractivity contribution is 6.33. The van der Waals surface area contributed by atoms with E-state index in [4.69, 9.17) is 16.3 Å². The number of halogens is 1. The molecule has 0 saturated carbocycles. The highest BCUT2D eigenvalue weighted by Gasteiger charge is 2.17. The maximum Gasteiger partial charge on any atom is 0.331 e. The molecule has 0 aliphatic heterocycles. The van der Waals surface area contributed by atoms with Gasteiger partial charge in [0.1, 0.15) is 0 Å². The number of carbonyl (C=O) groups is 2. The Morgan fingerprint density at radius 2 is 1.74 bits per heavy atom. The van der Waals surface area contributed by atoms with Crippen LogP contribution < -0.4 is 5.32 Å². The van der Waals surface area contributed by atoms with Crippen molar-refractivity contribution >= 4 is 35.2 Å². The summed E-state index contributed by atoms with van der Waals surface area (Å²) in [7, 11) is 0. The molecule has 0 saturated heterocycles. The summed E-state index contributed by atoms with van der Waals surface area (Å²) in [6.07, 6.45) is 1.98. The summed E-state index contributed by atoms with van der Waals surface area (Å²) in [5.41, 5.74) is 1.35. The molecule has 0 bridgehead atoms. The first-order valence-corrected chi connectivity index (χ1v) is 7.43. The van der Waals surface area contributed by atoms with Gasteiger partial charge in [0.25, 0.3) is 5.91 Å². The smallest absolute Gasteiger partial charge is 0.331 e. The van der Waals surface area contributed by atoms with Crippen molar-refractivity contribution in [3.63, 3.8) is 0 Å². The number of amides is 1. The fourth-order valence-corrected chi connectivity index (χ4v) is 1.98. The van der Waals surface area contributed by atoms with Crippen LogP contribution in [-0.4, -0.2) is 18.0 Å². The van der Waals surface area contributed by atoms with Crippen LogP contribution in [0.3, 0.4) is 0 Å². The predicted molar refractivity (Wildman–Crippen MR) is 91.1 cm³/mol. The van der Waals surface area contributed by atoms with E-state index in [9.17, 15) is 9.59 Å². The van der Waals surface area contributed by atoms with E-state index in [0.717, 1.165) is 5.56 Å². The molecule has 2 aromatic carbocycles. The largest absolute Gasteiger partial charge is 0.449 e. The first-order chi connectivity index (χ1) is 11.1. The SMILES string of the molecule is C[C@H](OC(=O)/C=C/c1ccccc1)C(=O)Nc1ccccc1Cl. The Morgan fingerprint density at radius 1 is 1.09 bits per heavy atom. The molecule has 2 aromatic rings. The fourth-order valence-electron chi connectivity index (χ4n) is 1.79. The zero-order valence-corrected chi connectivity index (χ0v) is 13.3. The Bertz CT molecular complexity index is 713. The molecular weight excluding hydrogens is 314 g/mol. The number of hydrogen-bond donors (Lipinski definition) is 1. The van der Waals surface area contributed by atoms with E-state index in [2.05, 4.69) is 5.32 Å². The quantitative estimate of drug-likeness (QED) is 0.668. The normalized spacial score (nSPS) is 11.9. The van der Waals surface area contributed by atoms with Crippen LogP contribution >= 0.6 is 11.6 Å². The Hall–Kier alpha value is -2.59. The van der Waals surface area contributed by atoms with Crippen molar-refractivity contribution in [2.75, 3.05) is 5.32 Å². The van der Waals surface area contributed by atoms with Gasteiger partial charge < -0.3 is 10.1 Å². The molecule has 5 heteroatoms. The molecule has 1 amide bonds. The van der Waals surface area contributed by atoms with E-state index >= 15 is 0 Å². The molecule has 118 valence electrons. The van der Waals surface area contributed by atoms with Gasteiger partial charge in [0, 0.05) is 6.08 Å². The van der Waals surface area contributed by atoms with Crippen molar-refractivity contribution in [2.24, 2.45) is 0 Å². The number of hydrogen-bond acceptors (Lipinski definition) is 3. The van der Waals surface area contributed by atoms with Gasteiger partial charge in [-0.3, -0.25) is 4.79 Å². The van der Waals surface area contributed by atoms with Gasteiger partial charge in [0.15, 0.2) is 6.10 Å². The van der Waals surface area contributed by atoms with Gasteiger partial charge in [-0.1, -0.05) is 54.1 Å². The number of ether oxygens (including phenoxy) is 1. The highest BCUT2D eigenvalue weighted by atomic mass is 35.5. The van der Waals surface area contributed by atoms with Gasteiger partial charge in [-0.15, -0.1) is 0 Å². The Balaban J connectivity index is 1.89. The van der Waals surface area contributed by atoms with Gasteiger partial charge in [-0.2, -0.15) is 0 Å². The van der Waals surface area contributed by atoms with Gasteiger partial charge in [0.05, 0.1) is 10.7 Å². The maximum atomic E-state index is 12.0. The molecule has 0 aliphatic rings. The minimum atomic E-state index is -0.931. The van der Waals surface area contributed by atoms with Crippen LogP contribution in [0.25, 0.3) is 6.08 Å². The lowest BCUT2D eigenvalue weighted by Crippen LogP contribution is -2.29. The molecule has 0 spiro atoms. The average molecular weight is 330 g/mol.